The first-order valence-corrected chi connectivity index (χ1v) is 5.95. The molecule has 1 aromatic carbocycles. The number of benzene rings is 1. The third-order valence-electron chi connectivity index (χ3n) is 1.65. The SMILES string of the molecule is Cc1nnsc1Sc1ccccc1Cl. The van der Waals surface area contributed by atoms with E-state index < -0.39 is 0 Å². The number of rotatable bonds is 2. The van der Waals surface area contributed by atoms with Crippen molar-refractivity contribution in [1.29, 1.82) is 0 Å². The van der Waals surface area contributed by atoms with E-state index in [1.54, 1.807) is 11.8 Å². The fourth-order valence-electron chi connectivity index (χ4n) is 0.945. The van der Waals surface area contributed by atoms with Crippen LogP contribution in [0.3, 0.4) is 0 Å². The van der Waals surface area contributed by atoms with Crippen LogP contribution in [0.1, 0.15) is 5.69 Å². The first-order valence-electron chi connectivity index (χ1n) is 3.98. The van der Waals surface area contributed by atoms with E-state index in [4.69, 9.17) is 11.6 Å². The van der Waals surface area contributed by atoms with E-state index in [1.807, 2.05) is 31.2 Å². The molecular formula is C9H7ClN2S2. The molecule has 0 radical (unpaired) electrons. The highest BCUT2D eigenvalue weighted by atomic mass is 35.5. The minimum absolute atomic E-state index is 0.769. The molecule has 0 saturated heterocycles. The maximum absolute atomic E-state index is 6.04. The van der Waals surface area contributed by atoms with E-state index in [9.17, 15) is 0 Å². The fraction of sp³-hybridized carbons (Fsp3) is 0.111. The first-order chi connectivity index (χ1) is 6.77. The van der Waals surface area contributed by atoms with Crippen molar-refractivity contribution in [1.82, 2.24) is 9.59 Å². The van der Waals surface area contributed by atoms with Gasteiger partial charge in [0.15, 0.2) is 0 Å². The second-order valence-corrected chi connectivity index (χ2v) is 5.15. The minimum atomic E-state index is 0.769. The predicted octanol–water partition coefficient (Wildman–Crippen LogP) is 3.65. The van der Waals surface area contributed by atoms with Gasteiger partial charge in [0.25, 0.3) is 0 Å². The van der Waals surface area contributed by atoms with Crippen LogP contribution in [0, 0.1) is 6.92 Å². The number of hydrogen-bond donors (Lipinski definition) is 0. The summed E-state index contributed by atoms with van der Waals surface area (Å²) in [7, 11) is 0. The Bertz CT molecular complexity index is 442. The lowest BCUT2D eigenvalue weighted by Crippen LogP contribution is -1.75. The Balaban J connectivity index is 2.28. The molecule has 0 amide bonds. The van der Waals surface area contributed by atoms with Crippen LogP contribution >= 0.6 is 34.9 Å². The fourth-order valence-corrected chi connectivity index (χ4v) is 2.83. The van der Waals surface area contributed by atoms with E-state index in [2.05, 4.69) is 9.59 Å². The monoisotopic (exact) mass is 242 g/mol. The Kier molecular flexibility index (Phi) is 3.05. The number of aromatic nitrogens is 2. The van der Waals surface area contributed by atoms with E-state index >= 15 is 0 Å². The molecule has 1 aromatic heterocycles. The molecule has 2 aromatic rings. The van der Waals surface area contributed by atoms with Crippen LogP contribution < -0.4 is 0 Å². The standard InChI is InChI=1S/C9H7ClN2S2/c1-6-9(14-12-11-6)13-8-5-3-2-4-7(8)10/h2-5H,1H3. The van der Waals surface area contributed by atoms with Crippen molar-refractivity contribution in [2.45, 2.75) is 16.0 Å². The molecule has 0 saturated carbocycles. The van der Waals surface area contributed by atoms with Gasteiger partial charge in [0.1, 0.15) is 4.21 Å². The zero-order valence-electron chi connectivity index (χ0n) is 7.40. The lowest BCUT2D eigenvalue weighted by atomic mass is 10.4. The lowest BCUT2D eigenvalue weighted by molar-refractivity contribution is 1.07. The van der Waals surface area contributed by atoms with Gasteiger partial charge in [-0.05, 0) is 30.6 Å². The van der Waals surface area contributed by atoms with E-state index in [0.29, 0.717) is 0 Å². The number of nitrogens with zero attached hydrogens (tertiary/aromatic N) is 2. The predicted molar refractivity (Wildman–Crippen MR) is 60.2 cm³/mol. The molecule has 0 fully saturated rings. The number of aryl methyl sites for hydroxylation is 1. The van der Waals surface area contributed by atoms with Gasteiger partial charge in [0.2, 0.25) is 0 Å². The maximum atomic E-state index is 6.04. The molecular weight excluding hydrogens is 236 g/mol. The van der Waals surface area contributed by atoms with Crippen molar-refractivity contribution >= 4 is 34.9 Å². The van der Waals surface area contributed by atoms with E-state index in [0.717, 1.165) is 19.8 Å². The summed E-state index contributed by atoms with van der Waals surface area (Å²) < 4.78 is 4.97. The van der Waals surface area contributed by atoms with Crippen LogP contribution in [-0.2, 0) is 0 Å². The Hall–Kier alpha value is -0.580. The summed E-state index contributed by atoms with van der Waals surface area (Å²) in [5.41, 5.74) is 0.958. The Labute approximate surface area is 95.5 Å². The Morgan fingerprint density at radius 3 is 2.79 bits per heavy atom. The summed E-state index contributed by atoms with van der Waals surface area (Å²) in [6.45, 7) is 1.95. The molecule has 2 nitrogen and oxygen atoms in total. The molecule has 0 N–H and O–H groups in total. The van der Waals surface area contributed by atoms with Crippen molar-refractivity contribution in [2.24, 2.45) is 0 Å². The normalized spacial score (nSPS) is 10.4. The lowest BCUT2D eigenvalue weighted by Gasteiger charge is -2.00. The second kappa shape index (κ2) is 4.29. The summed E-state index contributed by atoms with van der Waals surface area (Å²) in [5, 5.41) is 4.72. The van der Waals surface area contributed by atoms with Crippen LogP contribution in [0.5, 0.6) is 0 Å². The van der Waals surface area contributed by atoms with Gasteiger partial charge in [0.05, 0.1) is 10.7 Å². The van der Waals surface area contributed by atoms with Crippen LogP contribution in [0.15, 0.2) is 33.4 Å². The molecule has 0 unspecified atom stereocenters. The van der Waals surface area contributed by atoms with E-state index in [-0.39, 0.29) is 0 Å². The summed E-state index contributed by atoms with van der Waals surface area (Å²) in [5.74, 6) is 0. The molecule has 1 heterocycles. The van der Waals surface area contributed by atoms with Crippen molar-refractivity contribution in [2.75, 3.05) is 0 Å². The van der Waals surface area contributed by atoms with Crippen LogP contribution in [0.2, 0.25) is 5.02 Å². The highest BCUT2D eigenvalue weighted by molar-refractivity contribution is 8.01. The van der Waals surface area contributed by atoms with Crippen molar-refractivity contribution in [3.63, 3.8) is 0 Å². The third kappa shape index (κ3) is 2.08. The average Bonchev–Trinajstić information content (AvgIpc) is 2.56. The summed E-state index contributed by atoms with van der Waals surface area (Å²) in [4.78, 5) is 1.04. The van der Waals surface area contributed by atoms with Crippen molar-refractivity contribution < 1.29 is 0 Å². The molecule has 5 heteroatoms. The van der Waals surface area contributed by atoms with Gasteiger partial charge in [-0.1, -0.05) is 40.0 Å². The van der Waals surface area contributed by atoms with Gasteiger partial charge >= 0.3 is 0 Å². The molecule has 0 aliphatic carbocycles. The molecule has 0 bridgehead atoms. The van der Waals surface area contributed by atoms with Crippen LogP contribution in [0.25, 0.3) is 0 Å². The first kappa shape index (κ1) is 9.96. The zero-order valence-corrected chi connectivity index (χ0v) is 9.79. The van der Waals surface area contributed by atoms with Crippen molar-refractivity contribution in [3.05, 3.63) is 35.0 Å². The number of hydrogen-bond acceptors (Lipinski definition) is 4. The van der Waals surface area contributed by atoms with Gasteiger partial charge in [0, 0.05) is 4.90 Å². The zero-order chi connectivity index (χ0) is 9.97. The van der Waals surface area contributed by atoms with Crippen LogP contribution in [0.4, 0.5) is 0 Å². The summed E-state index contributed by atoms with van der Waals surface area (Å²) in [6.07, 6.45) is 0. The van der Waals surface area contributed by atoms with Gasteiger partial charge in [-0.25, -0.2) is 0 Å². The quantitative estimate of drug-likeness (QED) is 0.804. The summed E-state index contributed by atoms with van der Waals surface area (Å²) in [6, 6.07) is 7.77. The Morgan fingerprint density at radius 2 is 2.14 bits per heavy atom. The Morgan fingerprint density at radius 1 is 1.36 bits per heavy atom. The highest BCUT2D eigenvalue weighted by Crippen LogP contribution is 2.35. The van der Waals surface area contributed by atoms with Crippen LogP contribution in [-0.4, -0.2) is 9.59 Å². The second-order valence-electron chi connectivity index (χ2n) is 2.68. The molecule has 72 valence electrons. The minimum Gasteiger partial charge on any atom is -0.142 e. The molecule has 2 rings (SSSR count). The van der Waals surface area contributed by atoms with Gasteiger partial charge < -0.3 is 0 Å². The van der Waals surface area contributed by atoms with E-state index in [1.165, 1.54) is 11.5 Å². The maximum Gasteiger partial charge on any atom is 0.109 e. The van der Waals surface area contributed by atoms with Gasteiger partial charge in [-0.3, -0.25) is 0 Å². The molecule has 14 heavy (non-hydrogen) atoms. The average molecular weight is 243 g/mol. The summed E-state index contributed by atoms with van der Waals surface area (Å²) >= 11 is 9.04. The molecule has 0 atom stereocenters. The van der Waals surface area contributed by atoms with Crippen molar-refractivity contribution in [3.8, 4) is 0 Å². The molecule has 0 aliphatic rings. The van der Waals surface area contributed by atoms with Gasteiger partial charge in [-0.15, -0.1) is 5.10 Å². The molecule has 0 spiro atoms. The molecule has 0 aliphatic heterocycles. The largest absolute Gasteiger partial charge is 0.142 e. The van der Waals surface area contributed by atoms with Gasteiger partial charge in [-0.2, -0.15) is 0 Å². The smallest absolute Gasteiger partial charge is 0.109 e. The topological polar surface area (TPSA) is 25.8 Å². The third-order valence-corrected chi connectivity index (χ3v) is 4.25. The highest BCUT2D eigenvalue weighted by Gasteiger charge is 2.07. The number of halogens is 1.